The molecule has 1 atom stereocenters. The number of rotatable bonds is 3. The first kappa shape index (κ1) is 16.1. The number of carbonyl (C=O) groups is 1. The minimum Gasteiger partial charge on any atom is -0.486 e. The fourth-order valence-electron chi connectivity index (χ4n) is 2.91. The standard InChI is InChI=1S/C19H17N3O4/c1-22(10-12-11-25-15-8-4-5-9-16(15)26-12)19(24)17-20-14-7-3-2-6-13(14)18(23)21-17/h2-9,12H,10-11H2,1H3,(H,20,21,23)/t12-/m1/s1. The molecule has 1 N–H and O–H groups in total. The lowest BCUT2D eigenvalue weighted by Gasteiger charge is -2.29. The van der Waals surface area contributed by atoms with E-state index in [-0.39, 0.29) is 23.4 Å². The lowest BCUT2D eigenvalue weighted by Crippen LogP contribution is -2.42. The average molecular weight is 351 g/mol. The molecule has 3 aromatic rings. The van der Waals surface area contributed by atoms with Crippen LogP contribution in [0.4, 0.5) is 0 Å². The number of fused-ring (bicyclic) bond motifs is 2. The predicted molar refractivity (Wildman–Crippen MR) is 95.7 cm³/mol. The van der Waals surface area contributed by atoms with E-state index >= 15 is 0 Å². The first-order valence-corrected chi connectivity index (χ1v) is 8.25. The van der Waals surface area contributed by atoms with E-state index in [4.69, 9.17) is 9.47 Å². The number of H-pyrrole nitrogens is 1. The average Bonchev–Trinajstić information content (AvgIpc) is 2.67. The number of ether oxygens (including phenoxy) is 2. The molecule has 0 bridgehead atoms. The van der Waals surface area contributed by atoms with Crippen molar-refractivity contribution in [2.24, 2.45) is 0 Å². The molecule has 2 aromatic carbocycles. The highest BCUT2D eigenvalue weighted by molar-refractivity contribution is 5.92. The Morgan fingerprint density at radius 3 is 2.77 bits per heavy atom. The van der Waals surface area contributed by atoms with Crippen LogP contribution in [0.1, 0.15) is 10.6 Å². The summed E-state index contributed by atoms with van der Waals surface area (Å²) < 4.78 is 11.5. The zero-order valence-corrected chi connectivity index (χ0v) is 14.1. The number of nitrogens with zero attached hydrogens (tertiary/aromatic N) is 2. The molecule has 0 saturated heterocycles. The number of para-hydroxylation sites is 3. The van der Waals surface area contributed by atoms with Gasteiger partial charge in [-0.25, -0.2) is 4.98 Å². The smallest absolute Gasteiger partial charge is 0.289 e. The Hall–Kier alpha value is -3.35. The van der Waals surface area contributed by atoms with Gasteiger partial charge < -0.3 is 19.4 Å². The molecule has 1 aliphatic rings. The molecule has 4 rings (SSSR count). The molecule has 0 radical (unpaired) electrons. The van der Waals surface area contributed by atoms with Gasteiger partial charge in [0, 0.05) is 7.05 Å². The first-order valence-electron chi connectivity index (χ1n) is 8.25. The Balaban J connectivity index is 1.51. The van der Waals surface area contributed by atoms with E-state index in [9.17, 15) is 9.59 Å². The summed E-state index contributed by atoms with van der Waals surface area (Å²) in [6, 6.07) is 14.3. The highest BCUT2D eigenvalue weighted by atomic mass is 16.6. The SMILES string of the molecule is CN(C[C@@H]1COc2ccccc2O1)C(=O)c1nc2ccccc2c(=O)[nH]1. The van der Waals surface area contributed by atoms with Crippen LogP contribution in [0.15, 0.2) is 53.3 Å². The number of hydrogen-bond donors (Lipinski definition) is 1. The summed E-state index contributed by atoms with van der Waals surface area (Å²) in [5.41, 5.74) is 0.151. The summed E-state index contributed by atoms with van der Waals surface area (Å²) in [5.74, 6) is 0.976. The van der Waals surface area contributed by atoms with Crippen molar-refractivity contribution in [3.05, 3.63) is 64.7 Å². The summed E-state index contributed by atoms with van der Waals surface area (Å²) >= 11 is 0. The highest BCUT2D eigenvalue weighted by Crippen LogP contribution is 2.30. The number of amides is 1. The number of benzene rings is 2. The second kappa shape index (κ2) is 6.51. The predicted octanol–water partition coefficient (Wildman–Crippen LogP) is 1.84. The molecule has 1 aliphatic heterocycles. The largest absolute Gasteiger partial charge is 0.486 e. The number of aromatic nitrogens is 2. The minimum absolute atomic E-state index is 0.00771. The van der Waals surface area contributed by atoms with E-state index in [0.29, 0.717) is 35.6 Å². The molecule has 1 amide bonds. The molecule has 0 saturated carbocycles. The van der Waals surface area contributed by atoms with E-state index < -0.39 is 0 Å². The van der Waals surface area contributed by atoms with Crippen molar-refractivity contribution in [3.8, 4) is 11.5 Å². The van der Waals surface area contributed by atoms with Gasteiger partial charge >= 0.3 is 0 Å². The van der Waals surface area contributed by atoms with E-state index in [1.807, 2.05) is 24.3 Å². The van der Waals surface area contributed by atoms with Gasteiger partial charge in [0.25, 0.3) is 11.5 Å². The topological polar surface area (TPSA) is 84.5 Å². The maximum atomic E-state index is 12.7. The van der Waals surface area contributed by atoms with Crippen LogP contribution in [0, 0.1) is 0 Å². The van der Waals surface area contributed by atoms with Gasteiger partial charge in [-0.1, -0.05) is 24.3 Å². The van der Waals surface area contributed by atoms with Crippen molar-refractivity contribution in [2.45, 2.75) is 6.10 Å². The van der Waals surface area contributed by atoms with Crippen molar-refractivity contribution in [3.63, 3.8) is 0 Å². The van der Waals surface area contributed by atoms with Crippen molar-refractivity contribution in [2.75, 3.05) is 20.2 Å². The number of nitrogens with one attached hydrogen (secondary N) is 1. The fourth-order valence-corrected chi connectivity index (χ4v) is 2.91. The third kappa shape index (κ3) is 2.99. The van der Waals surface area contributed by atoms with Crippen LogP contribution in [0.3, 0.4) is 0 Å². The number of aromatic amines is 1. The van der Waals surface area contributed by atoms with E-state index in [1.54, 1.807) is 31.3 Å². The van der Waals surface area contributed by atoms with Gasteiger partial charge in [0.2, 0.25) is 0 Å². The first-order chi connectivity index (χ1) is 12.6. The van der Waals surface area contributed by atoms with Crippen LogP contribution >= 0.6 is 0 Å². The quantitative estimate of drug-likeness (QED) is 0.778. The third-order valence-electron chi connectivity index (χ3n) is 4.21. The zero-order valence-electron chi connectivity index (χ0n) is 14.1. The van der Waals surface area contributed by atoms with Crippen molar-refractivity contribution in [1.82, 2.24) is 14.9 Å². The number of likely N-dealkylation sites (N-methyl/N-ethyl adjacent to an activating group) is 1. The van der Waals surface area contributed by atoms with Crippen molar-refractivity contribution in [1.29, 1.82) is 0 Å². The van der Waals surface area contributed by atoms with Gasteiger partial charge in [0.1, 0.15) is 6.61 Å². The molecule has 26 heavy (non-hydrogen) atoms. The van der Waals surface area contributed by atoms with E-state index in [1.165, 1.54) is 4.90 Å². The fraction of sp³-hybridized carbons (Fsp3) is 0.211. The molecule has 0 spiro atoms. The normalized spacial score (nSPS) is 15.7. The molecular formula is C19H17N3O4. The molecule has 0 fully saturated rings. The molecule has 1 aromatic heterocycles. The van der Waals surface area contributed by atoms with Crippen LogP contribution < -0.4 is 15.0 Å². The number of carbonyl (C=O) groups excluding carboxylic acids is 1. The van der Waals surface area contributed by atoms with Gasteiger partial charge in [0.15, 0.2) is 23.4 Å². The highest BCUT2D eigenvalue weighted by Gasteiger charge is 2.25. The molecule has 7 nitrogen and oxygen atoms in total. The summed E-state index contributed by atoms with van der Waals surface area (Å²) in [4.78, 5) is 33.1. The molecule has 132 valence electrons. The third-order valence-corrected chi connectivity index (χ3v) is 4.21. The Bertz CT molecular complexity index is 1030. The van der Waals surface area contributed by atoms with Crippen LogP contribution in [0.5, 0.6) is 11.5 Å². The van der Waals surface area contributed by atoms with E-state index in [0.717, 1.165) is 0 Å². The summed E-state index contributed by atoms with van der Waals surface area (Å²) in [6.45, 7) is 0.653. The second-order valence-electron chi connectivity index (χ2n) is 6.11. The maximum absolute atomic E-state index is 12.7. The Labute approximate surface area is 149 Å². The summed E-state index contributed by atoms with van der Waals surface area (Å²) in [6.07, 6.45) is -0.300. The van der Waals surface area contributed by atoms with Crippen LogP contribution in [0.2, 0.25) is 0 Å². The zero-order chi connectivity index (χ0) is 18.1. The lowest BCUT2D eigenvalue weighted by molar-refractivity contribution is 0.0513. The summed E-state index contributed by atoms with van der Waals surface area (Å²) in [7, 11) is 1.64. The monoisotopic (exact) mass is 351 g/mol. The van der Waals surface area contributed by atoms with Gasteiger partial charge in [0.05, 0.1) is 17.4 Å². The van der Waals surface area contributed by atoms with Crippen molar-refractivity contribution < 1.29 is 14.3 Å². The van der Waals surface area contributed by atoms with Crippen LogP contribution in [-0.2, 0) is 0 Å². The molecular weight excluding hydrogens is 334 g/mol. The molecule has 2 heterocycles. The van der Waals surface area contributed by atoms with Gasteiger partial charge in [-0.15, -0.1) is 0 Å². The molecule has 7 heteroatoms. The van der Waals surface area contributed by atoms with Gasteiger partial charge in [-0.3, -0.25) is 9.59 Å². The van der Waals surface area contributed by atoms with E-state index in [2.05, 4.69) is 9.97 Å². The lowest BCUT2D eigenvalue weighted by atomic mass is 10.2. The van der Waals surface area contributed by atoms with Gasteiger partial charge in [-0.2, -0.15) is 0 Å². The van der Waals surface area contributed by atoms with Crippen LogP contribution in [-0.4, -0.2) is 47.1 Å². The van der Waals surface area contributed by atoms with Crippen molar-refractivity contribution >= 4 is 16.8 Å². The maximum Gasteiger partial charge on any atom is 0.289 e. The van der Waals surface area contributed by atoms with Crippen LogP contribution in [0.25, 0.3) is 10.9 Å². The Kier molecular flexibility index (Phi) is 4.04. The Morgan fingerprint density at radius 1 is 1.19 bits per heavy atom. The van der Waals surface area contributed by atoms with Gasteiger partial charge in [-0.05, 0) is 24.3 Å². The number of hydrogen-bond acceptors (Lipinski definition) is 5. The molecule has 0 aliphatic carbocycles. The minimum atomic E-state index is -0.379. The second-order valence-corrected chi connectivity index (χ2v) is 6.11. The summed E-state index contributed by atoms with van der Waals surface area (Å²) in [5, 5.41) is 0.451. The Morgan fingerprint density at radius 2 is 1.92 bits per heavy atom. The molecule has 0 unspecified atom stereocenters.